The van der Waals surface area contributed by atoms with Crippen LogP contribution in [0.2, 0.25) is 0 Å². The molecule has 8 atom stereocenters. The van der Waals surface area contributed by atoms with Crippen molar-refractivity contribution in [1.82, 2.24) is 10.5 Å². The Balaban J connectivity index is 1.69. The van der Waals surface area contributed by atoms with Crippen molar-refractivity contribution in [2.45, 2.75) is 77.5 Å². The molecule has 1 saturated carbocycles. The lowest BCUT2D eigenvalue weighted by atomic mass is 9.65. The molecule has 0 aromatic carbocycles. The summed E-state index contributed by atoms with van der Waals surface area (Å²) < 4.78 is 12.0. The first-order valence-electron chi connectivity index (χ1n) is 11.6. The van der Waals surface area contributed by atoms with Gasteiger partial charge >= 0.3 is 0 Å². The number of ether oxygens (including phenoxy) is 2. The summed E-state index contributed by atoms with van der Waals surface area (Å²) in [5.74, 6) is -1.16. The Morgan fingerprint density at radius 1 is 1.15 bits per heavy atom. The van der Waals surface area contributed by atoms with Crippen molar-refractivity contribution in [3.63, 3.8) is 0 Å². The second kappa shape index (κ2) is 11.4. The zero-order valence-electron chi connectivity index (χ0n) is 20.2. The third-order valence-corrected chi connectivity index (χ3v) is 6.52. The van der Waals surface area contributed by atoms with Crippen LogP contribution >= 0.6 is 0 Å². The van der Waals surface area contributed by atoms with Crippen LogP contribution in [0.25, 0.3) is 0 Å². The molecular formula is C24H38N2O8. The van der Waals surface area contributed by atoms with Crippen LogP contribution < -0.4 is 5.48 Å². The largest absolute Gasteiger partial charge is 0.508 e. The quantitative estimate of drug-likeness (QED) is 0.292. The molecule has 0 spiro atoms. The molecule has 1 aliphatic heterocycles. The first kappa shape index (κ1) is 27.0. The van der Waals surface area contributed by atoms with E-state index in [4.69, 9.17) is 14.3 Å². The Morgan fingerprint density at radius 2 is 1.88 bits per heavy atom. The molecule has 2 heterocycles. The maximum absolute atomic E-state index is 10.8. The summed E-state index contributed by atoms with van der Waals surface area (Å²) in [6.07, 6.45) is -0.147. The molecule has 0 amide bonds. The second-order valence-electron chi connectivity index (χ2n) is 10.3. The third kappa shape index (κ3) is 6.32. The molecule has 10 heteroatoms. The average Bonchev–Trinajstić information content (AvgIpc) is 2.76. The van der Waals surface area contributed by atoms with Gasteiger partial charge in [0.05, 0.1) is 31.5 Å². The molecule has 3 unspecified atom stereocenters. The van der Waals surface area contributed by atoms with Crippen molar-refractivity contribution in [1.29, 1.82) is 0 Å². The minimum absolute atomic E-state index is 0.167. The maximum Gasteiger partial charge on any atom is 0.187 e. The molecule has 1 aliphatic carbocycles. The predicted molar refractivity (Wildman–Crippen MR) is 122 cm³/mol. The van der Waals surface area contributed by atoms with Gasteiger partial charge < -0.3 is 35.0 Å². The van der Waals surface area contributed by atoms with Gasteiger partial charge in [0.15, 0.2) is 6.23 Å². The van der Waals surface area contributed by atoms with Crippen molar-refractivity contribution in [3.8, 4) is 0 Å². The fourth-order valence-corrected chi connectivity index (χ4v) is 4.83. The van der Waals surface area contributed by atoms with Gasteiger partial charge in [0.2, 0.25) is 0 Å². The van der Waals surface area contributed by atoms with Gasteiger partial charge in [0, 0.05) is 30.8 Å². The normalized spacial score (nSPS) is 34.6. The summed E-state index contributed by atoms with van der Waals surface area (Å²) >= 11 is 0. The van der Waals surface area contributed by atoms with Crippen molar-refractivity contribution in [3.05, 3.63) is 41.4 Å². The fraction of sp³-hybridized carbons (Fsp3) is 0.708. The highest BCUT2D eigenvalue weighted by molar-refractivity contribution is 5.15. The van der Waals surface area contributed by atoms with E-state index in [2.05, 4.69) is 10.5 Å². The lowest BCUT2D eigenvalue weighted by Crippen LogP contribution is -2.57. The van der Waals surface area contributed by atoms with Crippen LogP contribution in [0.15, 0.2) is 30.3 Å². The second-order valence-corrected chi connectivity index (χ2v) is 10.3. The molecule has 2 aliphatic rings. The molecule has 3 rings (SSSR count). The summed E-state index contributed by atoms with van der Waals surface area (Å²) in [5, 5.41) is 51.4. The van der Waals surface area contributed by atoms with E-state index >= 15 is 0 Å². The van der Waals surface area contributed by atoms with Gasteiger partial charge in [-0.25, -0.2) is 0 Å². The van der Waals surface area contributed by atoms with E-state index in [9.17, 15) is 25.5 Å². The van der Waals surface area contributed by atoms with Crippen LogP contribution in [0, 0.1) is 24.2 Å². The summed E-state index contributed by atoms with van der Waals surface area (Å²) in [4.78, 5) is 9.55. The molecule has 10 nitrogen and oxygen atoms in total. The lowest BCUT2D eigenvalue weighted by Gasteiger charge is -2.49. The highest BCUT2D eigenvalue weighted by Crippen LogP contribution is 2.43. The van der Waals surface area contributed by atoms with Crippen LogP contribution in [-0.2, 0) is 20.9 Å². The monoisotopic (exact) mass is 482 g/mol. The third-order valence-electron chi connectivity index (χ3n) is 6.52. The Bertz CT molecular complexity index is 829. The number of pyridine rings is 1. The SMILES string of the molecule is Cc1cncc(CON[C@@H]2OC(CO)[C@@H](O[C@@H]3CC(CO)[C@H](O)[C@@H](O)C3C(C)(C)C)C=C2O)c1. The van der Waals surface area contributed by atoms with Crippen LogP contribution in [0.5, 0.6) is 0 Å². The molecule has 0 saturated heterocycles. The van der Waals surface area contributed by atoms with Gasteiger partial charge in [-0.15, -0.1) is 0 Å². The molecule has 34 heavy (non-hydrogen) atoms. The number of aryl methyl sites for hydroxylation is 1. The zero-order valence-corrected chi connectivity index (χ0v) is 20.2. The van der Waals surface area contributed by atoms with Gasteiger partial charge in [-0.3, -0.25) is 9.82 Å². The maximum atomic E-state index is 10.8. The summed E-state index contributed by atoms with van der Waals surface area (Å²) in [7, 11) is 0. The lowest BCUT2D eigenvalue weighted by molar-refractivity contribution is -0.215. The molecule has 1 aromatic heterocycles. The predicted octanol–water partition coefficient (Wildman–Crippen LogP) is 0.720. The van der Waals surface area contributed by atoms with Gasteiger partial charge in [-0.05, 0) is 36.0 Å². The molecule has 192 valence electrons. The van der Waals surface area contributed by atoms with E-state index in [0.29, 0.717) is 6.42 Å². The van der Waals surface area contributed by atoms with E-state index < -0.39 is 54.0 Å². The molecule has 6 N–H and O–H groups in total. The Labute approximate surface area is 200 Å². The Hall–Kier alpha value is -1.63. The number of aliphatic hydroxyl groups excluding tert-OH is 5. The van der Waals surface area contributed by atoms with E-state index in [1.54, 1.807) is 12.4 Å². The average molecular weight is 483 g/mol. The number of hydroxylamine groups is 1. The summed E-state index contributed by atoms with van der Waals surface area (Å²) in [5.41, 5.74) is 4.08. The van der Waals surface area contributed by atoms with Crippen molar-refractivity contribution in [2.24, 2.45) is 17.3 Å². The minimum atomic E-state index is -1.09. The molecule has 1 fully saturated rings. The van der Waals surface area contributed by atoms with Crippen LogP contribution in [-0.4, -0.2) is 80.5 Å². The van der Waals surface area contributed by atoms with Crippen LogP contribution in [0.4, 0.5) is 0 Å². The standard InChI is InChI=1S/C24H38N2O8/c1-13-5-14(9-25-8-13)12-32-26-23-16(29)7-17(19(11-28)34-23)33-18-6-15(10-27)21(30)22(31)20(18)24(2,3)4/h5,7-9,15,17-23,26-31H,6,10-12H2,1-4H3/t15?,17-,18+,19?,20?,21-,22-,23+/m0/s1. The highest BCUT2D eigenvalue weighted by Gasteiger charge is 2.49. The van der Waals surface area contributed by atoms with Crippen molar-refractivity contribution < 1.29 is 39.8 Å². The molecular weight excluding hydrogens is 444 g/mol. The molecule has 0 radical (unpaired) electrons. The number of nitrogens with one attached hydrogen (secondary N) is 1. The number of nitrogens with zero attached hydrogens (tertiary/aromatic N) is 1. The van der Waals surface area contributed by atoms with Gasteiger partial charge in [-0.1, -0.05) is 26.8 Å². The highest BCUT2D eigenvalue weighted by atomic mass is 16.7. The number of rotatable bonds is 8. The van der Waals surface area contributed by atoms with Crippen molar-refractivity contribution >= 4 is 0 Å². The summed E-state index contributed by atoms with van der Waals surface area (Å²) in [6.45, 7) is 7.28. The van der Waals surface area contributed by atoms with Crippen molar-refractivity contribution in [2.75, 3.05) is 13.2 Å². The Kier molecular flexibility index (Phi) is 9.04. The number of hydrogen-bond donors (Lipinski definition) is 6. The Morgan fingerprint density at radius 3 is 2.50 bits per heavy atom. The van der Waals surface area contributed by atoms with Gasteiger partial charge in [0.25, 0.3) is 0 Å². The number of aromatic nitrogens is 1. The minimum Gasteiger partial charge on any atom is -0.508 e. The van der Waals surface area contributed by atoms with Crippen LogP contribution in [0.3, 0.4) is 0 Å². The number of hydrogen-bond acceptors (Lipinski definition) is 10. The topological polar surface area (TPSA) is 154 Å². The van der Waals surface area contributed by atoms with E-state index in [-0.39, 0.29) is 25.6 Å². The molecule has 1 aromatic rings. The smallest absolute Gasteiger partial charge is 0.187 e. The van der Waals surface area contributed by atoms with Crippen LogP contribution in [0.1, 0.15) is 38.3 Å². The van der Waals surface area contributed by atoms with E-state index in [1.807, 2.05) is 33.8 Å². The van der Waals surface area contributed by atoms with E-state index in [0.717, 1.165) is 11.1 Å². The van der Waals surface area contributed by atoms with E-state index in [1.165, 1.54) is 6.08 Å². The number of aliphatic hydroxyl groups is 5. The molecule has 0 bridgehead atoms. The summed E-state index contributed by atoms with van der Waals surface area (Å²) in [6, 6.07) is 1.92. The first-order chi connectivity index (χ1) is 16.0. The zero-order chi connectivity index (χ0) is 25.0. The van der Waals surface area contributed by atoms with Gasteiger partial charge in [-0.2, -0.15) is 5.48 Å². The fourth-order valence-electron chi connectivity index (χ4n) is 4.83. The first-order valence-corrected chi connectivity index (χ1v) is 11.6. The van der Waals surface area contributed by atoms with Gasteiger partial charge in [0.1, 0.15) is 18.0 Å².